The van der Waals surface area contributed by atoms with Crippen LogP contribution < -0.4 is 16.0 Å². The Labute approximate surface area is 380 Å². The Hall–Kier alpha value is -7.04. The molecule has 0 aromatic heterocycles. The number of hydrogen-bond acceptors (Lipinski definition) is 3. The Balaban J connectivity index is 0.000000167. The number of benzene rings is 8. The molecule has 0 bridgehead atoms. The maximum Gasteiger partial charge on any atom is 0.100 e. The Bertz CT molecular complexity index is 2830. The maximum absolute atomic E-state index is 3.93. The van der Waals surface area contributed by atoms with Crippen molar-refractivity contribution < 1.29 is 0 Å². The molecule has 1 aliphatic heterocycles. The summed E-state index contributed by atoms with van der Waals surface area (Å²) in [6.07, 6.45) is 6.87. The predicted octanol–water partition coefficient (Wildman–Crippen LogP) is 14.9. The Kier molecular flexibility index (Phi) is 13.2. The lowest BCUT2D eigenvalue weighted by Gasteiger charge is -2.37. The van der Waals surface area contributed by atoms with Crippen LogP contribution in [0.1, 0.15) is 66.5 Å². The summed E-state index contributed by atoms with van der Waals surface area (Å²) in [6, 6.07) is 74.3. The molecule has 64 heavy (non-hydrogen) atoms. The van der Waals surface area contributed by atoms with E-state index in [1.165, 1.54) is 89.2 Å². The topological polar surface area (TPSA) is 36.1 Å². The number of hydrogen-bond donors (Lipinski definition) is 3. The molecule has 316 valence electrons. The van der Waals surface area contributed by atoms with E-state index in [1.54, 1.807) is 0 Å². The van der Waals surface area contributed by atoms with Gasteiger partial charge in [0.05, 0.1) is 6.04 Å². The van der Waals surface area contributed by atoms with Gasteiger partial charge in [-0.3, -0.25) is 5.32 Å². The van der Waals surface area contributed by atoms with Gasteiger partial charge in [-0.25, -0.2) is 0 Å². The van der Waals surface area contributed by atoms with Gasteiger partial charge >= 0.3 is 0 Å². The van der Waals surface area contributed by atoms with Crippen LogP contribution in [0.15, 0.2) is 230 Å². The molecule has 1 heterocycles. The van der Waals surface area contributed by atoms with Crippen molar-refractivity contribution in [3.05, 3.63) is 257 Å². The first-order valence-corrected chi connectivity index (χ1v) is 22.9. The van der Waals surface area contributed by atoms with Crippen molar-refractivity contribution in [1.82, 2.24) is 10.6 Å². The second-order valence-corrected chi connectivity index (χ2v) is 16.6. The predicted molar refractivity (Wildman–Crippen MR) is 272 cm³/mol. The molecular formula is C61H57N3. The fourth-order valence-corrected chi connectivity index (χ4v) is 9.21. The highest BCUT2D eigenvalue weighted by atomic mass is 15.2. The molecule has 0 amide bonds. The lowest BCUT2D eigenvalue weighted by molar-refractivity contribution is 0.520. The SMILES string of the molecule is CC.CNCC1=CC=C(C2Nc3ccccc3C(c3cccc(-c4ccc(-c5ccccc5)cc4)c3)N2)CC1.c1ccc(-c2ccc(-c3cccc(C4c5ccccc54)c3)cc2)cc1. The summed E-state index contributed by atoms with van der Waals surface area (Å²) in [5.74, 6) is 0.499. The second-order valence-electron chi connectivity index (χ2n) is 16.6. The van der Waals surface area contributed by atoms with Gasteiger partial charge in [-0.1, -0.05) is 226 Å². The molecule has 0 saturated heterocycles. The highest BCUT2D eigenvalue weighted by molar-refractivity contribution is 5.73. The van der Waals surface area contributed by atoms with Crippen LogP contribution in [0.3, 0.4) is 0 Å². The first-order valence-electron chi connectivity index (χ1n) is 22.9. The first kappa shape index (κ1) is 42.3. The van der Waals surface area contributed by atoms with E-state index in [4.69, 9.17) is 0 Å². The fraction of sp³-hybridized carbons (Fsp3) is 0.148. The van der Waals surface area contributed by atoms with Crippen LogP contribution in [0.25, 0.3) is 44.5 Å². The molecule has 2 atom stereocenters. The quantitative estimate of drug-likeness (QED) is 0.136. The van der Waals surface area contributed by atoms with E-state index < -0.39 is 0 Å². The number of anilines is 1. The standard InChI is InChI=1S/C34H33N3.C25H18.C2H6/c1-35-23-24-14-16-28(17-15-24)34-36-32-13-6-5-12-31(32)33(37-34)30-11-7-10-29(22-30)27-20-18-26(19-21-27)25-8-3-2-4-9-25;1-2-7-18(8-3-1)19-13-15-20(16-14-19)21-9-6-10-22(17-21)25-23-11-4-5-12-24(23)25;1-2/h2-14,16,18-22,33-37H,15,17,23H2,1H3;1-17,25H;1-2H3. The molecule has 8 aromatic carbocycles. The molecular weight excluding hydrogens is 775 g/mol. The van der Waals surface area contributed by atoms with Crippen molar-refractivity contribution in [2.24, 2.45) is 0 Å². The van der Waals surface area contributed by atoms with Crippen molar-refractivity contribution in [2.75, 3.05) is 18.9 Å². The maximum atomic E-state index is 3.93. The van der Waals surface area contributed by atoms with Gasteiger partial charge in [-0.2, -0.15) is 0 Å². The van der Waals surface area contributed by atoms with Crippen molar-refractivity contribution in [3.63, 3.8) is 0 Å². The summed E-state index contributed by atoms with van der Waals surface area (Å²) >= 11 is 0. The first-order chi connectivity index (χ1) is 31.7. The van der Waals surface area contributed by atoms with E-state index in [0.717, 1.165) is 19.4 Å². The molecule has 0 spiro atoms. The molecule has 3 N–H and O–H groups in total. The summed E-state index contributed by atoms with van der Waals surface area (Å²) in [4.78, 5) is 0. The van der Waals surface area contributed by atoms with Crippen LogP contribution in [0.4, 0.5) is 5.69 Å². The van der Waals surface area contributed by atoms with Crippen LogP contribution in [0.2, 0.25) is 0 Å². The van der Waals surface area contributed by atoms with Gasteiger partial charge in [0.15, 0.2) is 0 Å². The minimum atomic E-state index is 0.112. The molecule has 3 aliphatic rings. The summed E-state index contributed by atoms with van der Waals surface area (Å²) in [7, 11) is 2.01. The zero-order valence-corrected chi connectivity index (χ0v) is 37.1. The zero-order chi connectivity index (χ0) is 43.7. The number of allylic oxidation sites excluding steroid dienone is 2. The van der Waals surface area contributed by atoms with Gasteiger partial charge in [0, 0.05) is 18.2 Å². The van der Waals surface area contributed by atoms with E-state index in [2.05, 4.69) is 234 Å². The minimum absolute atomic E-state index is 0.112. The number of fused-ring (bicyclic) bond motifs is 2. The lowest BCUT2D eigenvalue weighted by Crippen LogP contribution is -2.45. The number of rotatable bonds is 9. The largest absolute Gasteiger partial charge is 0.366 e. The van der Waals surface area contributed by atoms with Crippen LogP contribution in [0, 0.1) is 0 Å². The van der Waals surface area contributed by atoms with Crippen LogP contribution >= 0.6 is 0 Å². The average molecular weight is 832 g/mol. The van der Waals surface area contributed by atoms with Crippen molar-refractivity contribution in [1.29, 1.82) is 0 Å². The van der Waals surface area contributed by atoms with Gasteiger partial charge in [0.25, 0.3) is 0 Å². The van der Waals surface area contributed by atoms with Crippen LogP contribution in [-0.4, -0.2) is 19.8 Å². The molecule has 8 aromatic rings. The fourth-order valence-electron chi connectivity index (χ4n) is 9.21. The highest BCUT2D eigenvalue weighted by Crippen LogP contribution is 2.48. The summed E-state index contributed by atoms with van der Waals surface area (Å²) in [5.41, 5.74) is 21.0. The van der Waals surface area contributed by atoms with Gasteiger partial charge in [-0.05, 0) is 110 Å². The normalized spacial score (nSPS) is 15.9. The number of nitrogens with one attached hydrogen (secondary N) is 3. The smallest absolute Gasteiger partial charge is 0.100 e. The van der Waals surface area contributed by atoms with Gasteiger partial charge in [-0.15, -0.1) is 0 Å². The van der Waals surface area contributed by atoms with E-state index in [-0.39, 0.29) is 12.2 Å². The van der Waals surface area contributed by atoms with Gasteiger partial charge < -0.3 is 10.6 Å². The van der Waals surface area contributed by atoms with E-state index in [1.807, 2.05) is 20.9 Å². The molecule has 2 aliphatic carbocycles. The molecule has 2 unspecified atom stereocenters. The molecule has 0 fully saturated rings. The second kappa shape index (κ2) is 20.0. The highest BCUT2D eigenvalue weighted by Gasteiger charge is 2.33. The monoisotopic (exact) mass is 831 g/mol. The molecule has 11 rings (SSSR count). The number of para-hydroxylation sites is 1. The third-order valence-corrected chi connectivity index (χ3v) is 12.6. The van der Waals surface area contributed by atoms with Gasteiger partial charge in [0.2, 0.25) is 0 Å². The van der Waals surface area contributed by atoms with Crippen molar-refractivity contribution in [2.45, 2.75) is 44.8 Å². The van der Waals surface area contributed by atoms with Crippen LogP contribution in [-0.2, 0) is 0 Å². The van der Waals surface area contributed by atoms with Crippen LogP contribution in [0.5, 0.6) is 0 Å². The number of likely N-dealkylation sites (N-methyl/N-ethyl adjacent to an activating group) is 1. The average Bonchev–Trinajstić information content (AvgIpc) is 4.13. The third kappa shape index (κ3) is 9.47. The van der Waals surface area contributed by atoms with Crippen molar-refractivity contribution in [3.8, 4) is 44.5 Å². The Morgan fingerprint density at radius 1 is 0.438 bits per heavy atom. The third-order valence-electron chi connectivity index (χ3n) is 12.6. The summed E-state index contributed by atoms with van der Waals surface area (Å²) < 4.78 is 0. The summed E-state index contributed by atoms with van der Waals surface area (Å²) in [6.45, 7) is 4.96. The van der Waals surface area contributed by atoms with Gasteiger partial charge in [0.1, 0.15) is 6.17 Å². The molecule has 0 saturated carbocycles. The lowest BCUT2D eigenvalue weighted by atomic mass is 9.89. The molecule has 3 nitrogen and oxygen atoms in total. The summed E-state index contributed by atoms with van der Waals surface area (Å²) in [5, 5.41) is 11.0. The Morgan fingerprint density at radius 2 is 0.891 bits per heavy atom. The molecule has 3 heteroatoms. The van der Waals surface area contributed by atoms with E-state index in [0.29, 0.717) is 5.92 Å². The zero-order valence-electron chi connectivity index (χ0n) is 37.1. The van der Waals surface area contributed by atoms with Crippen molar-refractivity contribution >= 4 is 5.69 Å². The van der Waals surface area contributed by atoms with E-state index >= 15 is 0 Å². The Morgan fingerprint density at radius 3 is 1.42 bits per heavy atom. The minimum Gasteiger partial charge on any atom is -0.366 e. The van der Waals surface area contributed by atoms with E-state index in [9.17, 15) is 0 Å². The molecule has 0 radical (unpaired) electrons.